The van der Waals surface area contributed by atoms with E-state index in [0.717, 1.165) is 6.42 Å². The fourth-order valence-corrected chi connectivity index (χ4v) is 4.81. The van der Waals surface area contributed by atoms with Gasteiger partial charge in [0.25, 0.3) is 0 Å². The summed E-state index contributed by atoms with van der Waals surface area (Å²) in [7, 11) is 0. The molecule has 2 amide bonds. The van der Waals surface area contributed by atoms with E-state index in [1.165, 1.54) is 17.0 Å². The summed E-state index contributed by atoms with van der Waals surface area (Å²) in [5.41, 5.74) is -0.265. The van der Waals surface area contributed by atoms with Gasteiger partial charge in [-0.05, 0) is 37.3 Å². The maximum absolute atomic E-state index is 13.0. The normalized spacial score (nSPS) is 35.6. The first kappa shape index (κ1) is 14.6. The number of nitrogens with zero attached hydrogens (tertiary/aromatic N) is 1. The summed E-state index contributed by atoms with van der Waals surface area (Å²) >= 11 is 18.0. The van der Waals surface area contributed by atoms with E-state index in [4.69, 9.17) is 34.8 Å². The first-order valence-corrected chi connectivity index (χ1v) is 8.20. The zero-order valence-corrected chi connectivity index (χ0v) is 13.9. The molecule has 1 heterocycles. The zero-order chi connectivity index (χ0) is 15.8. The van der Waals surface area contributed by atoms with E-state index in [-0.39, 0.29) is 44.6 Å². The van der Waals surface area contributed by atoms with Gasteiger partial charge in [0.15, 0.2) is 0 Å². The third kappa shape index (κ3) is 1.60. The first-order chi connectivity index (χ1) is 10.4. The van der Waals surface area contributed by atoms with Gasteiger partial charge < -0.3 is 0 Å². The number of allylic oxidation sites excluding steroid dienone is 2. The number of hydrogen-bond acceptors (Lipinski definition) is 2. The van der Waals surface area contributed by atoms with Crippen LogP contribution in [0.5, 0.6) is 0 Å². The quantitative estimate of drug-likeness (QED) is 0.426. The second-order valence-corrected chi connectivity index (χ2v) is 7.55. The zero-order valence-electron chi connectivity index (χ0n) is 11.6. The van der Waals surface area contributed by atoms with Gasteiger partial charge in [0, 0.05) is 0 Å². The second kappa shape index (κ2) is 4.50. The van der Waals surface area contributed by atoms with Crippen molar-refractivity contribution in [3.8, 4) is 0 Å². The monoisotopic (exact) mass is 355 g/mol. The van der Waals surface area contributed by atoms with Gasteiger partial charge in [-0.25, -0.2) is 4.90 Å². The van der Waals surface area contributed by atoms with Crippen LogP contribution < -0.4 is 4.90 Å². The van der Waals surface area contributed by atoms with Crippen LogP contribution in [0.4, 0.5) is 5.69 Å². The van der Waals surface area contributed by atoms with E-state index in [2.05, 4.69) is 12.2 Å². The number of benzene rings is 1. The van der Waals surface area contributed by atoms with Crippen molar-refractivity contribution in [1.29, 1.82) is 0 Å². The number of carbonyl (C=O) groups is 2. The van der Waals surface area contributed by atoms with Crippen molar-refractivity contribution in [1.82, 2.24) is 0 Å². The number of rotatable bonds is 1. The third-order valence-electron chi connectivity index (χ3n) is 5.34. The Kier molecular flexibility index (Phi) is 2.98. The largest absolute Gasteiger partial charge is 0.274 e. The average Bonchev–Trinajstić information content (AvgIpc) is 3.09. The van der Waals surface area contributed by atoms with E-state index >= 15 is 0 Å². The van der Waals surface area contributed by atoms with Crippen molar-refractivity contribution in [2.24, 2.45) is 23.2 Å². The van der Waals surface area contributed by atoms with E-state index in [0.29, 0.717) is 5.69 Å². The van der Waals surface area contributed by atoms with Crippen molar-refractivity contribution in [3.05, 3.63) is 39.4 Å². The average molecular weight is 357 g/mol. The minimum absolute atomic E-state index is 0.127. The summed E-state index contributed by atoms with van der Waals surface area (Å²) in [4.78, 5) is 27.0. The third-order valence-corrected chi connectivity index (χ3v) is 6.54. The molecule has 2 aliphatic carbocycles. The molecule has 114 valence electrons. The predicted molar refractivity (Wildman–Crippen MR) is 86.3 cm³/mol. The molecule has 4 atom stereocenters. The van der Waals surface area contributed by atoms with Crippen LogP contribution in [0.1, 0.15) is 13.3 Å². The SMILES string of the molecule is C[C@@]12C(=O)N(c3cc(Cl)c(Cl)c(Cl)c3)C(=O)[C@@H]1[C@@H]1C=C[C@H]2C1. The molecule has 1 aromatic rings. The van der Waals surface area contributed by atoms with Gasteiger partial charge >= 0.3 is 0 Å². The molecule has 3 aliphatic rings. The fraction of sp³-hybridized carbons (Fsp3) is 0.375. The van der Waals surface area contributed by atoms with Crippen LogP contribution in [0.25, 0.3) is 0 Å². The molecule has 1 aromatic carbocycles. The van der Waals surface area contributed by atoms with Crippen molar-refractivity contribution >= 4 is 52.3 Å². The van der Waals surface area contributed by atoms with Crippen LogP contribution in [0.15, 0.2) is 24.3 Å². The highest BCUT2D eigenvalue weighted by Crippen LogP contribution is 2.61. The number of amides is 2. The van der Waals surface area contributed by atoms with E-state index in [1.807, 2.05) is 6.92 Å². The van der Waals surface area contributed by atoms with Crippen LogP contribution in [-0.4, -0.2) is 11.8 Å². The van der Waals surface area contributed by atoms with Crippen molar-refractivity contribution < 1.29 is 9.59 Å². The number of anilines is 1. The molecule has 2 bridgehead atoms. The second-order valence-electron chi connectivity index (χ2n) is 6.35. The molecular weight excluding hydrogens is 345 g/mol. The van der Waals surface area contributed by atoms with Crippen LogP contribution >= 0.6 is 34.8 Å². The Bertz CT molecular complexity index is 737. The summed E-state index contributed by atoms with van der Waals surface area (Å²) in [5.74, 6) is -0.354. The Morgan fingerprint density at radius 2 is 1.77 bits per heavy atom. The van der Waals surface area contributed by atoms with Gasteiger partial charge in [0.2, 0.25) is 11.8 Å². The molecule has 0 spiro atoms. The lowest BCUT2D eigenvalue weighted by Gasteiger charge is -2.28. The number of carbonyl (C=O) groups excluding carboxylic acids is 2. The number of hydrogen-bond donors (Lipinski definition) is 0. The Hall–Kier alpha value is -1.03. The minimum atomic E-state index is -0.658. The molecule has 0 unspecified atom stereocenters. The Morgan fingerprint density at radius 3 is 2.36 bits per heavy atom. The lowest BCUT2D eigenvalue weighted by molar-refractivity contribution is -0.127. The van der Waals surface area contributed by atoms with E-state index in [1.54, 1.807) is 0 Å². The Morgan fingerprint density at radius 1 is 1.14 bits per heavy atom. The van der Waals surface area contributed by atoms with Gasteiger partial charge in [-0.15, -0.1) is 0 Å². The topological polar surface area (TPSA) is 37.4 Å². The molecule has 1 aliphatic heterocycles. The van der Waals surface area contributed by atoms with Crippen LogP contribution in [0, 0.1) is 23.2 Å². The summed E-state index contributed by atoms with van der Waals surface area (Å²) < 4.78 is 0. The van der Waals surface area contributed by atoms with Crippen molar-refractivity contribution in [3.63, 3.8) is 0 Å². The highest BCUT2D eigenvalue weighted by atomic mass is 35.5. The lowest BCUT2D eigenvalue weighted by atomic mass is 9.71. The minimum Gasteiger partial charge on any atom is -0.274 e. The summed E-state index contributed by atoms with van der Waals surface area (Å²) in [6, 6.07) is 3.04. The van der Waals surface area contributed by atoms with Crippen molar-refractivity contribution in [2.75, 3.05) is 4.90 Å². The van der Waals surface area contributed by atoms with Gasteiger partial charge in [0.1, 0.15) is 0 Å². The molecule has 4 rings (SSSR count). The molecule has 1 saturated heterocycles. The van der Waals surface area contributed by atoms with Gasteiger partial charge in [-0.1, -0.05) is 47.0 Å². The molecule has 2 fully saturated rings. The van der Waals surface area contributed by atoms with Crippen LogP contribution in [0.2, 0.25) is 15.1 Å². The van der Waals surface area contributed by atoms with Gasteiger partial charge in [0.05, 0.1) is 32.1 Å². The molecule has 3 nitrogen and oxygen atoms in total. The maximum Gasteiger partial charge on any atom is 0.241 e. The molecule has 0 aromatic heterocycles. The number of imide groups is 1. The standard InChI is InChI=1S/C16H12Cl3NO2/c1-16-8-3-2-7(4-8)12(16)14(21)20(15(16)22)9-5-10(17)13(19)11(18)6-9/h2-3,5-8,12H,4H2,1H3/t7-,8+,12+,16+/m1/s1. The van der Waals surface area contributed by atoms with Crippen LogP contribution in [0.3, 0.4) is 0 Å². The first-order valence-electron chi connectivity index (χ1n) is 7.07. The number of fused-ring (bicyclic) bond motifs is 5. The lowest BCUT2D eigenvalue weighted by Crippen LogP contribution is -2.37. The maximum atomic E-state index is 13.0. The van der Waals surface area contributed by atoms with Gasteiger partial charge in [-0.3, -0.25) is 9.59 Å². The summed E-state index contributed by atoms with van der Waals surface area (Å²) in [5, 5.41) is 0.681. The molecule has 0 radical (unpaired) electrons. The molecule has 22 heavy (non-hydrogen) atoms. The fourth-order valence-electron chi connectivity index (χ4n) is 4.22. The summed E-state index contributed by atoms with van der Waals surface area (Å²) in [6.07, 6.45) is 5.01. The highest BCUT2D eigenvalue weighted by Gasteiger charge is 2.67. The molecule has 6 heteroatoms. The van der Waals surface area contributed by atoms with Gasteiger partial charge in [-0.2, -0.15) is 0 Å². The molecule has 1 saturated carbocycles. The Labute approximate surface area is 142 Å². The van der Waals surface area contributed by atoms with E-state index < -0.39 is 5.41 Å². The Balaban J connectivity index is 1.83. The predicted octanol–water partition coefficient (Wildman–Crippen LogP) is 4.35. The molecule has 0 N–H and O–H groups in total. The molecular formula is C16H12Cl3NO2. The van der Waals surface area contributed by atoms with E-state index in [9.17, 15) is 9.59 Å². The highest BCUT2D eigenvalue weighted by molar-refractivity contribution is 6.48. The number of halogens is 3. The summed E-state index contributed by atoms with van der Waals surface area (Å²) in [6.45, 7) is 1.89. The van der Waals surface area contributed by atoms with Crippen molar-refractivity contribution in [2.45, 2.75) is 13.3 Å². The smallest absolute Gasteiger partial charge is 0.241 e. The van der Waals surface area contributed by atoms with Crippen LogP contribution in [-0.2, 0) is 9.59 Å².